The van der Waals surface area contributed by atoms with E-state index in [1.54, 1.807) is 0 Å². The largest absolute Gasteiger partial charge is 0.457 e. The van der Waals surface area contributed by atoms with Gasteiger partial charge in [-0.1, -0.05) is 47.4 Å². The van der Waals surface area contributed by atoms with E-state index in [0.717, 1.165) is 37.7 Å². The summed E-state index contributed by atoms with van der Waals surface area (Å²) in [7, 11) is 0. The Kier molecular flexibility index (Phi) is 5.59. The van der Waals surface area contributed by atoms with Crippen molar-refractivity contribution in [1.82, 2.24) is 0 Å². The van der Waals surface area contributed by atoms with Crippen molar-refractivity contribution < 1.29 is 4.74 Å². The molecule has 0 spiro atoms. The Morgan fingerprint density at radius 1 is 1.19 bits per heavy atom. The monoisotopic (exact) mass is 386 g/mol. The SMILES string of the molecule is Cc1cc(Cl)c(C(C)C)cc1Oc1ccc(CCl)c(Br)c1. The highest BCUT2D eigenvalue weighted by Gasteiger charge is 2.11. The highest BCUT2D eigenvalue weighted by Crippen LogP contribution is 2.35. The molecule has 0 unspecified atom stereocenters. The number of rotatable bonds is 4. The number of hydrogen-bond donors (Lipinski definition) is 0. The molecule has 2 aromatic rings. The van der Waals surface area contributed by atoms with Crippen LogP contribution < -0.4 is 4.74 Å². The molecule has 21 heavy (non-hydrogen) atoms. The zero-order valence-electron chi connectivity index (χ0n) is 12.2. The minimum absolute atomic E-state index is 0.353. The van der Waals surface area contributed by atoms with Gasteiger partial charge in [0, 0.05) is 15.4 Å². The molecule has 0 heterocycles. The Morgan fingerprint density at radius 3 is 2.48 bits per heavy atom. The summed E-state index contributed by atoms with van der Waals surface area (Å²) in [5.41, 5.74) is 3.15. The molecular weight excluding hydrogens is 371 g/mol. The molecule has 0 N–H and O–H groups in total. The third-order valence-corrected chi connectivity index (χ3v) is 4.67. The Bertz CT molecular complexity index is 653. The highest BCUT2D eigenvalue weighted by atomic mass is 79.9. The lowest BCUT2D eigenvalue weighted by molar-refractivity contribution is 0.477. The zero-order chi connectivity index (χ0) is 15.6. The molecule has 0 saturated carbocycles. The number of benzene rings is 2. The minimum Gasteiger partial charge on any atom is -0.457 e. The van der Waals surface area contributed by atoms with Gasteiger partial charge in [-0.25, -0.2) is 0 Å². The molecule has 0 fully saturated rings. The molecule has 2 aromatic carbocycles. The number of hydrogen-bond acceptors (Lipinski definition) is 1. The molecule has 0 aliphatic rings. The standard InChI is InChI=1S/C17H17BrCl2O/c1-10(2)14-8-17(11(3)6-16(14)20)21-13-5-4-12(9-19)15(18)7-13/h4-8,10H,9H2,1-3H3. The van der Waals surface area contributed by atoms with Crippen molar-refractivity contribution in [3.63, 3.8) is 0 Å². The maximum Gasteiger partial charge on any atom is 0.130 e. The van der Waals surface area contributed by atoms with Crippen LogP contribution in [0.1, 0.15) is 36.5 Å². The van der Waals surface area contributed by atoms with Crippen LogP contribution in [0.15, 0.2) is 34.8 Å². The molecule has 0 bridgehead atoms. The van der Waals surface area contributed by atoms with Crippen LogP contribution >= 0.6 is 39.1 Å². The zero-order valence-corrected chi connectivity index (χ0v) is 15.3. The van der Waals surface area contributed by atoms with Crippen LogP contribution in [0.25, 0.3) is 0 Å². The van der Waals surface area contributed by atoms with E-state index in [-0.39, 0.29) is 0 Å². The number of alkyl halides is 1. The molecule has 1 nitrogen and oxygen atoms in total. The fourth-order valence-corrected chi connectivity index (χ4v) is 3.38. The van der Waals surface area contributed by atoms with Gasteiger partial charge in [-0.15, -0.1) is 11.6 Å². The fraction of sp³-hybridized carbons (Fsp3) is 0.294. The summed E-state index contributed by atoms with van der Waals surface area (Å²) in [6, 6.07) is 9.79. The normalized spacial score (nSPS) is 11.0. The summed E-state index contributed by atoms with van der Waals surface area (Å²) < 4.78 is 6.95. The second kappa shape index (κ2) is 7.04. The van der Waals surface area contributed by atoms with Gasteiger partial charge in [0.25, 0.3) is 0 Å². The summed E-state index contributed by atoms with van der Waals surface area (Å²) in [6.45, 7) is 6.23. The van der Waals surface area contributed by atoms with Crippen LogP contribution in [0.4, 0.5) is 0 Å². The second-order valence-electron chi connectivity index (χ2n) is 5.28. The first-order chi connectivity index (χ1) is 9.92. The average Bonchev–Trinajstić information content (AvgIpc) is 2.41. The van der Waals surface area contributed by atoms with Gasteiger partial charge < -0.3 is 4.74 Å². The maximum absolute atomic E-state index is 6.29. The molecule has 0 aliphatic heterocycles. The fourth-order valence-electron chi connectivity index (χ4n) is 2.05. The van der Waals surface area contributed by atoms with Gasteiger partial charge in [0.2, 0.25) is 0 Å². The van der Waals surface area contributed by atoms with Gasteiger partial charge in [-0.05, 0) is 53.8 Å². The minimum atomic E-state index is 0.353. The third kappa shape index (κ3) is 3.94. The predicted octanol–water partition coefficient (Wildman–Crippen LogP) is 7.07. The molecule has 0 radical (unpaired) electrons. The molecule has 0 saturated heterocycles. The van der Waals surface area contributed by atoms with Gasteiger partial charge in [0.1, 0.15) is 11.5 Å². The van der Waals surface area contributed by atoms with Crippen LogP contribution in [0, 0.1) is 6.92 Å². The van der Waals surface area contributed by atoms with Crippen molar-refractivity contribution >= 4 is 39.1 Å². The number of aryl methyl sites for hydroxylation is 1. The van der Waals surface area contributed by atoms with E-state index < -0.39 is 0 Å². The van der Waals surface area contributed by atoms with Crippen molar-refractivity contribution in [3.8, 4) is 11.5 Å². The third-order valence-electron chi connectivity index (χ3n) is 3.31. The van der Waals surface area contributed by atoms with Crippen molar-refractivity contribution in [2.24, 2.45) is 0 Å². The van der Waals surface area contributed by atoms with Gasteiger partial charge >= 0.3 is 0 Å². The van der Waals surface area contributed by atoms with E-state index in [2.05, 4.69) is 29.8 Å². The average molecular weight is 388 g/mol. The van der Waals surface area contributed by atoms with E-state index >= 15 is 0 Å². The highest BCUT2D eigenvalue weighted by molar-refractivity contribution is 9.10. The molecule has 112 valence electrons. The van der Waals surface area contributed by atoms with Gasteiger partial charge in [-0.3, -0.25) is 0 Å². The lowest BCUT2D eigenvalue weighted by Crippen LogP contribution is -1.94. The first-order valence-corrected chi connectivity index (χ1v) is 8.45. The van der Waals surface area contributed by atoms with E-state index in [0.29, 0.717) is 11.8 Å². The smallest absolute Gasteiger partial charge is 0.130 e. The molecule has 2 rings (SSSR count). The molecular formula is C17H17BrCl2O. The van der Waals surface area contributed by atoms with Crippen molar-refractivity contribution in [1.29, 1.82) is 0 Å². The van der Waals surface area contributed by atoms with Crippen molar-refractivity contribution in [3.05, 3.63) is 56.5 Å². The quantitative estimate of drug-likeness (QED) is 0.510. The van der Waals surface area contributed by atoms with Crippen LogP contribution in [-0.4, -0.2) is 0 Å². The lowest BCUT2D eigenvalue weighted by atomic mass is 10.0. The number of ether oxygens (including phenoxy) is 1. The summed E-state index contributed by atoms with van der Waals surface area (Å²) in [4.78, 5) is 0. The summed E-state index contributed by atoms with van der Waals surface area (Å²) in [6.07, 6.45) is 0. The van der Waals surface area contributed by atoms with Crippen molar-refractivity contribution in [2.75, 3.05) is 0 Å². The summed E-state index contributed by atoms with van der Waals surface area (Å²) >= 11 is 15.6. The topological polar surface area (TPSA) is 9.23 Å². The van der Waals surface area contributed by atoms with Gasteiger partial charge in [0.15, 0.2) is 0 Å². The molecule has 0 amide bonds. The first kappa shape index (κ1) is 16.7. The van der Waals surface area contributed by atoms with E-state index in [4.69, 9.17) is 27.9 Å². The van der Waals surface area contributed by atoms with Crippen LogP contribution in [-0.2, 0) is 5.88 Å². The molecule has 0 aromatic heterocycles. The van der Waals surface area contributed by atoms with Crippen LogP contribution in [0.3, 0.4) is 0 Å². The Labute approximate surface area is 144 Å². The van der Waals surface area contributed by atoms with Crippen molar-refractivity contribution in [2.45, 2.75) is 32.6 Å². The second-order valence-corrected chi connectivity index (χ2v) is 6.81. The summed E-state index contributed by atoms with van der Waals surface area (Å²) in [5, 5.41) is 0.786. The van der Waals surface area contributed by atoms with E-state index in [1.165, 1.54) is 0 Å². The van der Waals surface area contributed by atoms with E-state index in [1.807, 2.05) is 37.3 Å². The Balaban J connectivity index is 2.35. The summed E-state index contributed by atoms with van der Waals surface area (Å²) in [5.74, 6) is 2.42. The maximum atomic E-state index is 6.29. The van der Waals surface area contributed by atoms with E-state index in [9.17, 15) is 0 Å². The van der Waals surface area contributed by atoms with Gasteiger partial charge in [0.05, 0.1) is 0 Å². The predicted molar refractivity (Wildman–Crippen MR) is 94.1 cm³/mol. The molecule has 0 aliphatic carbocycles. The molecule has 0 atom stereocenters. The lowest BCUT2D eigenvalue weighted by Gasteiger charge is -2.15. The molecule has 4 heteroatoms. The van der Waals surface area contributed by atoms with Crippen LogP contribution in [0.2, 0.25) is 5.02 Å². The number of halogens is 3. The van der Waals surface area contributed by atoms with Gasteiger partial charge in [-0.2, -0.15) is 0 Å². The Morgan fingerprint density at radius 2 is 1.90 bits per heavy atom. The first-order valence-electron chi connectivity index (χ1n) is 6.74. The Hall–Kier alpha value is -0.700. The van der Waals surface area contributed by atoms with Crippen LogP contribution in [0.5, 0.6) is 11.5 Å².